The van der Waals surface area contributed by atoms with Crippen molar-refractivity contribution < 1.29 is 9.52 Å². The lowest BCUT2D eigenvalue weighted by Gasteiger charge is -2.08. The van der Waals surface area contributed by atoms with Crippen molar-refractivity contribution in [1.29, 1.82) is 0 Å². The number of hydrogen-bond donors (Lipinski definition) is 1. The molecule has 0 aromatic carbocycles. The van der Waals surface area contributed by atoms with Crippen LogP contribution in [0.2, 0.25) is 0 Å². The van der Waals surface area contributed by atoms with Gasteiger partial charge in [-0.05, 0) is 35.0 Å². The summed E-state index contributed by atoms with van der Waals surface area (Å²) >= 11 is 3.25. The van der Waals surface area contributed by atoms with Crippen molar-refractivity contribution >= 4 is 15.9 Å². The maximum atomic E-state index is 10.0. The molecule has 1 atom stereocenters. The van der Waals surface area contributed by atoms with Crippen molar-refractivity contribution in [2.24, 2.45) is 7.05 Å². The quantitative estimate of drug-likeness (QED) is 0.941. The SMILES string of the molecule is Cc1cc(CC(O)c2ccoc2Br)n(C)n1. The number of rotatable bonds is 3. The second-order valence-corrected chi connectivity index (χ2v) is 4.49. The van der Waals surface area contributed by atoms with E-state index in [0.29, 0.717) is 11.1 Å². The summed E-state index contributed by atoms with van der Waals surface area (Å²) in [5, 5.41) is 14.3. The first kappa shape index (κ1) is 11.4. The minimum atomic E-state index is -0.581. The van der Waals surface area contributed by atoms with E-state index in [9.17, 15) is 5.11 Å². The van der Waals surface area contributed by atoms with E-state index in [1.54, 1.807) is 17.0 Å². The molecule has 16 heavy (non-hydrogen) atoms. The van der Waals surface area contributed by atoms with Crippen LogP contribution in [0.25, 0.3) is 0 Å². The standard InChI is InChI=1S/C11H13BrN2O2/c1-7-5-8(14(2)13-7)6-10(15)9-3-4-16-11(9)12/h3-5,10,15H,6H2,1-2H3. The summed E-state index contributed by atoms with van der Waals surface area (Å²) in [5.74, 6) is 0. The lowest BCUT2D eigenvalue weighted by Crippen LogP contribution is -2.06. The molecule has 86 valence electrons. The number of aromatic nitrogens is 2. The third-order valence-corrected chi connectivity index (χ3v) is 3.15. The van der Waals surface area contributed by atoms with Gasteiger partial charge in [-0.1, -0.05) is 0 Å². The van der Waals surface area contributed by atoms with Gasteiger partial charge >= 0.3 is 0 Å². The normalized spacial score (nSPS) is 13.0. The van der Waals surface area contributed by atoms with Gasteiger partial charge in [0.1, 0.15) is 0 Å². The lowest BCUT2D eigenvalue weighted by molar-refractivity contribution is 0.173. The number of aliphatic hydroxyl groups is 1. The summed E-state index contributed by atoms with van der Waals surface area (Å²) in [7, 11) is 1.87. The van der Waals surface area contributed by atoms with E-state index in [4.69, 9.17) is 4.42 Å². The molecule has 0 amide bonds. The number of furan rings is 1. The van der Waals surface area contributed by atoms with Crippen LogP contribution in [0.15, 0.2) is 27.5 Å². The first-order chi connectivity index (χ1) is 7.58. The van der Waals surface area contributed by atoms with Crippen LogP contribution in [0.1, 0.15) is 23.1 Å². The average Bonchev–Trinajstić information content (AvgIpc) is 2.74. The van der Waals surface area contributed by atoms with Crippen LogP contribution in [0, 0.1) is 6.92 Å². The third-order valence-electron chi connectivity index (χ3n) is 2.51. The maximum absolute atomic E-state index is 10.0. The molecule has 0 aliphatic carbocycles. The number of nitrogens with zero attached hydrogens (tertiary/aromatic N) is 2. The van der Waals surface area contributed by atoms with Crippen molar-refractivity contribution in [2.75, 3.05) is 0 Å². The van der Waals surface area contributed by atoms with E-state index in [1.807, 2.05) is 20.0 Å². The van der Waals surface area contributed by atoms with Gasteiger partial charge in [-0.3, -0.25) is 4.68 Å². The Balaban J connectivity index is 2.16. The Bertz CT molecular complexity index is 490. The van der Waals surface area contributed by atoms with E-state index in [1.165, 1.54) is 0 Å². The molecule has 0 bridgehead atoms. The lowest BCUT2D eigenvalue weighted by atomic mass is 10.1. The summed E-state index contributed by atoms with van der Waals surface area (Å²) in [4.78, 5) is 0. The van der Waals surface area contributed by atoms with Crippen molar-refractivity contribution in [1.82, 2.24) is 9.78 Å². The minimum absolute atomic E-state index is 0.523. The van der Waals surface area contributed by atoms with Crippen LogP contribution in [0.3, 0.4) is 0 Å². The van der Waals surface area contributed by atoms with Crippen LogP contribution in [0.5, 0.6) is 0 Å². The molecule has 2 aromatic rings. The van der Waals surface area contributed by atoms with E-state index < -0.39 is 6.10 Å². The highest BCUT2D eigenvalue weighted by atomic mass is 79.9. The van der Waals surface area contributed by atoms with Gasteiger partial charge in [0.15, 0.2) is 4.67 Å². The molecule has 0 radical (unpaired) electrons. The van der Waals surface area contributed by atoms with E-state index in [-0.39, 0.29) is 0 Å². The van der Waals surface area contributed by atoms with Gasteiger partial charge in [-0.2, -0.15) is 5.10 Å². The zero-order valence-corrected chi connectivity index (χ0v) is 10.7. The first-order valence-corrected chi connectivity index (χ1v) is 5.77. The fourth-order valence-corrected chi connectivity index (χ4v) is 2.21. The van der Waals surface area contributed by atoms with Crippen LogP contribution in [0.4, 0.5) is 0 Å². The molecule has 0 spiro atoms. The molecule has 4 nitrogen and oxygen atoms in total. The molecule has 2 rings (SSSR count). The topological polar surface area (TPSA) is 51.2 Å². The Morgan fingerprint density at radius 3 is 2.88 bits per heavy atom. The fraction of sp³-hybridized carbons (Fsp3) is 0.364. The molecule has 1 unspecified atom stereocenters. The van der Waals surface area contributed by atoms with Crippen LogP contribution in [-0.4, -0.2) is 14.9 Å². The predicted octanol–water partition coefficient (Wildman–Crippen LogP) is 2.36. The van der Waals surface area contributed by atoms with Gasteiger partial charge in [0.2, 0.25) is 0 Å². The molecule has 0 aliphatic heterocycles. The Labute approximate surface area is 102 Å². The van der Waals surface area contributed by atoms with E-state index >= 15 is 0 Å². The molecular weight excluding hydrogens is 272 g/mol. The van der Waals surface area contributed by atoms with Crippen molar-refractivity contribution in [3.8, 4) is 0 Å². The molecule has 2 aromatic heterocycles. The zero-order valence-electron chi connectivity index (χ0n) is 9.14. The summed E-state index contributed by atoms with van der Waals surface area (Å²) in [6, 6.07) is 3.73. The second kappa shape index (κ2) is 4.43. The largest absolute Gasteiger partial charge is 0.457 e. The van der Waals surface area contributed by atoms with Crippen LogP contribution in [-0.2, 0) is 13.5 Å². The van der Waals surface area contributed by atoms with Gasteiger partial charge in [0.05, 0.1) is 18.1 Å². The zero-order chi connectivity index (χ0) is 11.7. The molecule has 0 aliphatic rings. The van der Waals surface area contributed by atoms with Gasteiger partial charge in [0, 0.05) is 24.7 Å². The Morgan fingerprint density at radius 1 is 1.62 bits per heavy atom. The second-order valence-electron chi connectivity index (χ2n) is 3.77. The Morgan fingerprint density at radius 2 is 2.38 bits per heavy atom. The van der Waals surface area contributed by atoms with Gasteiger partial charge in [-0.25, -0.2) is 0 Å². The molecular formula is C11H13BrN2O2. The number of hydrogen-bond acceptors (Lipinski definition) is 3. The van der Waals surface area contributed by atoms with Crippen molar-refractivity contribution in [3.05, 3.63) is 40.0 Å². The number of halogens is 1. The van der Waals surface area contributed by atoms with Crippen LogP contribution < -0.4 is 0 Å². The van der Waals surface area contributed by atoms with Gasteiger partial charge in [0.25, 0.3) is 0 Å². The minimum Gasteiger partial charge on any atom is -0.457 e. The van der Waals surface area contributed by atoms with Crippen LogP contribution >= 0.6 is 15.9 Å². The highest BCUT2D eigenvalue weighted by Crippen LogP contribution is 2.26. The van der Waals surface area contributed by atoms with Crippen molar-refractivity contribution in [3.63, 3.8) is 0 Å². The summed E-state index contributed by atoms with van der Waals surface area (Å²) in [5.41, 5.74) is 2.72. The van der Waals surface area contributed by atoms with E-state index in [2.05, 4.69) is 21.0 Å². The monoisotopic (exact) mass is 284 g/mol. The Kier molecular flexibility index (Phi) is 3.16. The van der Waals surface area contributed by atoms with E-state index in [0.717, 1.165) is 17.0 Å². The molecule has 2 heterocycles. The predicted molar refractivity (Wildman–Crippen MR) is 63.0 cm³/mol. The molecule has 1 N–H and O–H groups in total. The number of aryl methyl sites for hydroxylation is 2. The van der Waals surface area contributed by atoms with Gasteiger partial charge < -0.3 is 9.52 Å². The summed E-state index contributed by atoms with van der Waals surface area (Å²) in [6.45, 7) is 1.93. The maximum Gasteiger partial charge on any atom is 0.174 e. The molecule has 0 fully saturated rings. The molecule has 0 saturated heterocycles. The molecule has 5 heteroatoms. The first-order valence-electron chi connectivity index (χ1n) is 4.98. The average molecular weight is 285 g/mol. The molecule has 0 saturated carbocycles. The van der Waals surface area contributed by atoms with Gasteiger partial charge in [-0.15, -0.1) is 0 Å². The summed E-state index contributed by atoms with van der Waals surface area (Å²) in [6.07, 6.45) is 1.50. The summed E-state index contributed by atoms with van der Waals surface area (Å²) < 4.78 is 7.46. The third kappa shape index (κ3) is 2.20. The highest BCUT2D eigenvalue weighted by molar-refractivity contribution is 9.10. The van der Waals surface area contributed by atoms with Crippen molar-refractivity contribution in [2.45, 2.75) is 19.4 Å². The number of aliphatic hydroxyl groups excluding tert-OH is 1. The fourth-order valence-electron chi connectivity index (χ4n) is 1.71. The smallest absolute Gasteiger partial charge is 0.174 e. The highest BCUT2D eigenvalue weighted by Gasteiger charge is 2.16. The Hall–Kier alpha value is -1.07.